The Labute approximate surface area is 419 Å². The molecule has 0 saturated heterocycles. The number of anilines is 4. The highest BCUT2D eigenvalue weighted by Crippen LogP contribution is 2.66. The standard InChI is InChI=1S/C67H62N2O2/c1-63-33-11-13-35-65(63,3)68(47-17-15-19-49(41-47)70-5)61-31-27-45(39-59(61)63)43-25-29-53-54-30-26-44(38-58(54)67(57(53)37-43)55-23-9-7-21-51(55)52-22-8-10-24-56(52)67)46-28-32-62-60(40-46)64(2)34-12-14-36-66(64,4)69(62)48-18-16-20-50(42-48)71-6/h7-10,15-32,37-42H,11-14,33-36H2,1-6H3/t63?,64?,65-,66?/m0/s1. The molecule has 0 bridgehead atoms. The number of hydrogen-bond acceptors (Lipinski definition) is 4. The highest BCUT2D eigenvalue weighted by Gasteiger charge is 2.59. The Hall–Kier alpha value is -7.04. The quantitative estimate of drug-likeness (QED) is 0.166. The van der Waals surface area contributed by atoms with Crippen LogP contribution in [-0.4, -0.2) is 25.3 Å². The molecule has 3 unspecified atom stereocenters. The molecular formula is C67H62N2O2. The molecule has 4 heteroatoms. The average Bonchev–Trinajstić information content (AvgIpc) is 4.03. The highest BCUT2D eigenvalue weighted by atomic mass is 16.5. The summed E-state index contributed by atoms with van der Waals surface area (Å²) >= 11 is 0. The van der Waals surface area contributed by atoms with Crippen LogP contribution in [0.25, 0.3) is 44.5 Å². The lowest BCUT2D eigenvalue weighted by atomic mass is 9.61. The molecule has 0 radical (unpaired) electrons. The molecule has 2 fully saturated rings. The van der Waals surface area contributed by atoms with Gasteiger partial charge in [0.15, 0.2) is 0 Å². The van der Waals surface area contributed by atoms with Gasteiger partial charge in [0.1, 0.15) is 11.5 Å². The fourth-order valence-corrected chi connectivity index (χ4v) is 15.6. The molecule has 8 aromatic carbocycles. The summed E-state index contributed by atoms with van der Waals surface area (Å²) in [4.78, 5) is 5.30. The second-order valence-electron chi connectivity index (χ2n) is 22.5. The molecule has 71 heavy (non-hydrogen) atoms. The minimum atomic E-state index is -0.481. The van der Waals surface area contributed by atoms with Crippen LogP contribution in [-0.2, 0) is 16.2 Å². The fourth-order valence-electron chi connectivity index (χ4n) is 15.6. The normalized spacial score (nSPS) is 24.6. The van der Waals surface area contributed by atoms with Gasteiger partial charge in [-0.25, -0.2) is 0 Å². The third-order valence-electron chi connectivity index (χ3n) is 19.6. The van der Waals surface area contributed by atoms with Gasteiger partial charge in [0.2, 0.25) is 0 Å². The summed E-state index contributed by atoms with van der Waals surface area (Å²) in [5.74, 6) is 1.80. The molecule has 8 aromatic rings. The maximum Gasteiger partial charge on any atom is 0.120 e. The van der Waals surface area contributed by atoms with Crippen molar-refractivity contribution in [1.29, 1.82) is 0 Å². The van der Waals surface area contributed by atoms with E-state index in [9.17, 15) is 0 Å². The van der Waals surface area contributed by atoms with Gasteiger partial charge in [-0.15, -0.1) is 0 Å². The van der Waals surface area contributed by atoms with E-state index in [0.29, 0.717) is 0 Å². The minimum Gasteiger partial charge on any atom is -0.497 e. The number of nitrogens with zero attached hydrogens (tertiary/aromatic N) is 2. The van der Waals surface area contributed by atoms with E-state index in [0.717, 1.165) is 24.3 Å². The predicted molar refractivity (Wildman–Crippen MR) is 292 cm³/mol. The first-order chi connectivity index (χ1) is 34.6. The fraction of sp³-hybridized carbons (Fsp3) is 0.284. The first kappa shape index (κ1) is 42.8. The molecule has 0 aromatic heterocycles. The van der Waals surface area contributed by atoms with Crippen LogP contribution >= 0.6 is 0 Å². The van der Waals surface area contributed by atoms with E-state index < -0.39 is 5.41 Å². The number of fused-ring (bicyclic) bond motifs is 16. The maximum absolute atomic E-state index is 5.78. The average molecular weight is 927 g/mol. The monoisotopic (exact) mass is 926 g/mol. The predicted octanol–water partition coefficient (Wildman–Crippen LogP) is 16.9. The van der Waals surface area contributed by atoms with Crippen LogP contribution in [0.1, 0.15) is 112 Å². The molecule has 14 rings (SSSR count). The summed E-state index contributed by atoms with van der Waals surface area (Å²) in [7, 11) is 3.54. The second kappa shape index (κ2) is 15.0. The molecule has 1 spiro atoms. The SMILES string of the molecule is COc1cccc(N2c3ccc(-c4ccc5c(c4)C4(c6ccccc6-c6ccccc64)c4cc(-c6ccc7c(c6)C6(C)CCCC[C@]6(C)N7c6cccc(OC)c6)ccc4-5)cc3C3(C)CCCCC23C)c1. The van der Waals surface area contributed by atoms with Gasteiger partial charge in [-0.05, 0) is 178 Å². The molecule has 2 aliphatic heterocycles. The van der Waals surface area contributed by atoms with Gasteiger partial charge < -0.3 is 19.3 Å². The van der Waals surface area contributed by atoms with Crippen molar-refractivity contribution < 1.29 is 9.47 Å². The Morgan fingerprint density at radius 1 is 0.352 bits per heavy atom. The molecular weight excluding hydrogens is 865 g/mol. The molecule has 2 heterocycles. The Morgan fingerprint density at radius 2 is 0.732 bits per heavy atom. The summed E-state index contributed by atoms with van der Waals surface area (Å²) in [5.41, 5.74) is 23.3. The van der Waals surface area contributed by atoms with Gasteiger partial charge >= 0.3 is 0 Å². The Bertz CT molecular complexity index is 3300. The van der Waals surface area contributed by atoms with Crippen molar-refractivity contribution in [2.75, 3.05) is 24.0 Å². The van der Waals surface area contributed by atoms with Crippen LogP contribution in [0.4, 0.5) is 22.7 Å². The van der Waals surface area contributed by atoms with Gasteiger partial charge in [0.05, 0.1) is 30.7 Å². The van der Waals surface area contributed by atoms with Crippen molar-refractivity contribution >= 4 is 22.7 Å². The first-order valence-electron chi connectivity index (χ1n) is 26.2. The number of rotatable bonds is 6. The molecule has 6 aliphatic rings. The van der Waals surface area contributed by atoms with E-state index in [-0.39, 0.29) is 21.9 Å². The van der Waals surface area contributed by atoms with Crippen LogP contribution in [0.5, 0.6) is 11.5 Å². The zero-order valence-corrected chi connectivity index (χ0v) is 42.0. The number of methoxy groups -OCH3 is 2. The smallest absolute Gasteiger partial charge is 0.120 e. The molecule has 4 aliphatic carbocycles. The van der Waals surface area contributed by atoms with Crippen LogP contribution in [0.15, 0.2) is 170 Å². The topological polar surface area (TPSA) is 24.9 Å². The van der Waals surface area contributed by atoms with Gasteiger partial charge in [-0.3, -0.25) is 0 Å². The van der Waals surface area contributed by atoms with E-state index >= 15 is 0 Å². The number of hydrogen-bond donors (Lipinski definition) is 0. The first-order valence-corrected chi connectivity index (χ1v) is 26.2. The van der Waals surface area contributed by atoms with Gasteiger partial charge in [-0.1, -0.05) is 137 Å². The zero-order chi connectivity index (χ0) is 48.1. The molecule has 4 nitrogen and oxygen atoms in total. The number of benzene rings is 8. The van der Waals surface area contributed by atoms with E-state index in [4.69, 9.17) is 9.47 Å². The highest BCUT2D eigenvalue weighted by molar-refractivity contribution is 5.97. The van der Waals surface area contributed by atoms with Gasteiger partial charge in [0, 0.05) is 45.7 Å². The van der Waals surface area contributed by atoms with Crippen molar-refractivity contribution in [3.05, 3.63) is 203 Å². The lowest BCUT2D eigenvalue weighted by Crippen LogP contribution is -2.54. The van der Waals surface area contributed by atoms with Crippen LogP contribution in [0.3, 0.4) is 0 Å². The van der Waals surface area contributed by atoms with Gasteiger partial charge in [-0.2, -0.15) is 0 Å². The van der Waals surface area contributed by atoms with Crippen molar-refractivity contribution in [3.8, 4) is 56.0 Å². The van der Waals surface area contributed by atoms with Crippen molar-refractivity contribution in [2.45, 2.75) is 106 Å². The van der Waals surface area contributed by atoms with Crippen molar-refractivity contribution in [2.24, 2.45) is 0 Å². The summed E-state index contributed by atoms with van der Waals surface area (Å²) in [5, 5.41) is 0. The third kappa shape index (κ3) is 5.46. The lowest BCUT2D eigenvalue weighted by molar-refractivity contribution is 0.195. The minimum absolute atomic E-state index is 0.00838. The van der Waals surface area contributed by atoms with Crippen molar-refractivity contribution in [1.82, 2.24) is 0 Å². The molecule has 352 valence electrons. The zero-order valence-electron chi connectivity index (χ0n) is 42.0. The van der Waals surface area contributed by atoms with Crippen LogP contribution in [0, 0.1) is 0 Å². The van der Waals surface area contributed by atoms with E-state index in [1.165, 1.54) is 139 Å². The largest absolute Gasteiger partial charge is 0.497 e. The summed E-state index contributed by atoms with van der Waals surface area (Å²) in [6, 6.07) is 65.4. The van der Waals surface area contributed by atoms with E-state index in [1.54, 1.807) is 14.2 Å². The van der Waals surface area contributed by atoms with E-state index in [1.807, 2.05) is 0 Å². The Morgan fingerprint density at radius 3 is 1.17 bits per heavy atom. The molecule has 0 N–H and O–H groups in total. The van der Waals surface area contributed by atoms with Crippen LogP contribution < -0.4 is 19.3 Å². The third-order valence-corrected chi connectivity index (χ3v) is 19.6. The molecule has 0 amide bonds. The number of ether oxygens (including phenoxy) is 2. The Kier molecular flexibility index (Phi) is 9.04. The summed E-state index contributed by atoms with van der Waals surface area (Å²) < 4.78 is 11.6. The molecule has 2 saturated carbocycles. The lowest BCUT2D eigenvalue weighted by Gasteiger charge is -2.50. The second-order valence-corrected chi connectivity index (χ2v) is 22.5. The van der Waals surface area contributed by atoms with E-state index in [2.05, 4.69) is 207 Å². The molecule has 4 atom stereocenters. The summed E-state index contributed by atoms with van der Waals surface area (Å²) in [6.07, 6.45) is 9.60. The van der Waals surface area contributed by atoms with Crippen LogP contribution in [0.2, 0.25) is 0 Å². The van der Waals surface area contributed by atoms with Gasteiger partial charge in [0.25, 0.3) is 0 Å². The summed E-state index contributed by atoms with van der Waals surface area (Å²) in [6.45, 7) is 10.1. The van der Waals surface area contributed by atoms with Crippen molar-refractivity contribution in [3.63, 3.8) is 0 Å². The Balaban J connectivity index is 0.934. The maximum atomic E-state index is 5.78.